The molecule has 1 amide bonds. The summed E-state index contributed by atoms with van der Waals surface area (Å²) in [6.07, 6.45) is 6.17. The zero-order valence-corrected chi connectivity index (χ0v) is 12.5. The smallest absolute Gasteiger partial charge is 0.273 e. The first-order valence-corrected chi connectivity index (χ1v) is 7.29. The lowest BCUT2D eigenvalue weighted by Crippen LogP contribution is -2.25. The van der Waals surface area contributed by atoms with E-state index in [2.05, 4.69) is 15.5 Å². The minimum absolute atomic E-state index is 0.249. The molecule has 23 heavy (non-hydrogen) atoms. The monoisotopic (exact) mass is 311 g/mol. The number of carbonyl (C=O) groups is 1. The molecule has 0 radical (unpaired) electrons. The predicted octanol–water partition coefficient (Wildman–Crippen LogP) is 1.94. The minimum atomic E-state index is -0.249. The number of anilines is 1. The van der Waals surface area contributed by atoms with Gasteiger partial charge in [0.2, 0.25) is 0 Å². The van der Waals surface area contributed by atoms with Crippen molar-refractivity contribution in [3.05, 3.63) is 54.7 Å². The summed E-state index contributed by atoms with van der Waals surface area (Å²) in [6, 6.07) is 8.81. The third-order valence-corrected chi connectivity index (χ3v) is 3.38. The third kappa shape index (κ3) is 3.76. The van der Waals surface area contributed by atoms with Crippen LogP contribution >= 0.6 is 0 Å². The van der Waals surface area contributed by atoms with E-state index in [9.17, 15) is 4.79 Å². The van der Waals surface area contributed by atoms with Gasteiger partial charge in [-0.2, -0.15) is 0 Å². The second-order valence-corrected chi connectivity index (χ2v) is 5.11. The van der Waals surface area contributed by atoms with Gasteiger partial charge in [0.15, 0.2) is 11.5 Å². The predicted molar refractivity (Wildman–Crippen MR) is 85.5 cm³/mol. The lowest BCUT2D eigenvalue weighted by molar-refractivity contribution is 0.0944. The third-order valence-electron chi connectivity index (χ3n) is 3.38. The van der Waals surface area contributed by atoms with Crippen LogP contribution in [0.15, 0.2) is 53.6 Å². The molecule has 0 aliphatic heterocycles. The number of benzene rings is 1. The van der Waals surface area contributed by atoms with Gasteiger partial charge in [-0.15, -0.1) is 0 Å². The molecule has 2 aromatic heterocycles. The average Bonchev–Trinajstić information content (AvgIpc) is 3.24. The van der Waals surface area contributed by atoms with Gasteiger partial charge in [0.05, 0.1) is 6.33 Å². The zero-order chi connectivity index (χ0) is 16.1. The number of aromatic nitrogens is 3. The van der Waals surface area contributed by atoms with Crippen LogP contribution < -0.4 is 11.1 Å². The molecule has 0 fully saturated rings. The summed E-state index contributed by atoms with van der Waals surface area (Å²) in [4.78, 5) is 16.0. The van der Waals surface area contributed by atoms with Gasteiger partial charge >= 0.3 is 0 Å². The van der Waals surface area contributed by atoms with Crippen molar-refractivity contribution < 1.29 is 9.32 Å². The second kappa shape index (κ2) is 6.78. The van der Waals surface area contributed by atoms with E-state index in [1.54, 1.807) is 30.7 Å². The Morgan fingerprint density at radius 3 is 2.87 bits per heavy atom. The van der Waals surface area contributed by atoms with Crippen molar-refractivity contribution in [1.29, 1.82) is 0 Å². The van der Waals surface area contributed by atoms with Crippen LogP contribution in [0.25, 0.3) is 11.3 Å². The Balaban J connectivity index is 1.52. The Labute approximate surface area is 133 Å². The van der Waals surface area contributed by atoms with E-state index in [4.69, 9.17) is 10.3 Å². The lowest BCUT2D eigenvalue weighted by Gasteiger charge is -2.03. The van der Waals surface area contributed by atoms with Crippen molar-refractivity contribution in [3.8, 4) is 11.3 Å². The van der Waals surface area contributed by atoms with Crippen LogP contribution in [0.5, 0.6) is 0 Å². The van der Waals surface area contributed by atoms with Gasteiger partial charge in [-0.1, -0.05) is 5.16 Å². The standard InChI is InChI=1S/C16H17N5O2/c17-13-4-2-12(3-5-13)15-10-14(20-23-15)16(22)19-6-1-8-21-9-7-18-11-21/h2-5,7,9-11H,1,6,8,17H2,(H,19,22). The molecule has 0 atom stereocenters. The van der Waals surface area contributed by atoms with Crippen LogP contribution in [0.2, 0.25) is 0 Å². The molecule has 0 saturated carbocycles. The van der Waals surface area contributed by atoms with E-state index in [1.165, 1.54) is 0 Å². The number of nitrogens with one attached hydrogen (secondary N) is 1. The van der Waals surface area contributed by atoms with Crippen LogP contribution in [0, 0.1) is 0 Å². The normalized spacial score (nSPS) is 10.6. The van der Waals surface area contributed by atoms with Gasteiger partial charge < -0.3 is 20.1 Å². The lowest BCUT2D eigenvalue weighted by atomic mass is 10.1. The van der Waals surface area contributed by atoms with Crippen LogP contribution in [0.1, 0.15) is 16.9 Å². The van der Waals surface area contributed by atoms with Crippen LogP contribution in [-0.2, 0) is 6.54 Å². The first-order valence-electron chi connectivity index (χ1n) is 7.29. The molecule has 3 N–H and O–H groups in total. The maximum Gasteiger partial charge on any atom is 0.273 e. The SMILES string of the molecule is Nc1ccc(-c2cc(C(=O)NCCCn3ccnc3)no2)cc1. The van der Waals surface area contributed by atoms with Gasteiger partial charge in [0.1, 0.15) is 0 Å². The number of nitrogens with two attached hydrogens (primary N) is 1. The van der Waals surface area contributed by atoms with Crippen LogP contribution in [0.4, 0.5) is 5.69 Å². The minimum Gasteiger partial charge on any atom is -0.399 e. The van der Waals surface area contributed by atoms with E-state index in [-0.39, 0.29) is 11.6 Å². The zero-order valence-electron chi connectivity index (χ0n) is 12.5. The molecule has 3 rings (SSSR count). The van der Waals surface area contributed by atoms with Crippen LogP contribution in [0.3, 0.4) is 0 Å². The second-order valence-electron chi connectivity index (χ2n) is 5.11. The molecular formula is C16H17N5O2. The molecule has 0 bridgehead atoms. The molecule has 7 heteroatoms. The fraction of sp³-hybridized carbons (Fsp3) is 0.188. The molecule has 0 unspecified atom stereocenters. The maximum atomic E-state index is 12.0. The quantitative estimate of drug-likeness (QED) is 0.535. The first-order chi connectivity index (χ1) is 11.2. The number of hydrogen-bond donors (Lipinski definition) is 2. The van der Waals surface area contributed by atoms with E-state index >= 15 is 0 Å². The summed E-state index contributed by atoms with van der Waals surface area (Å²) < 4.78 is 7.17. The fourth-order valence-electron chi connectivity index (χ4n) is 2.14. The van der Waals surface area contributed by atoms with Gasteiger partial charge in [0.25, 0.3) is 5.91 Å². The van der Waals surface area contributed by atoms with Crippen molar-refractivity contribution >= 4 is 11.6 Å². The number of nitrogen functional groups attached to an aromatic ring is 1. The summed E-state index contributed by atoms with van der Waals surface area (Å²) in [5.41, 5.74) is 7.40. The Morgan fingerprint density at radius 1 is 1.30 bits per heavy atom. The number of imidazole rings is 1. The Kier molecular flexibility index (Phi) is 4.37. The highest BCUT2D eigenvalue weighted by Gasteiger charge is 2.13. The Bertz CT molecular complexity index is 762. The summed E-state index contributed by atoms with van der Waals surface area (Å²) in [7, 11) is 0. The molecule has 1 aromatic carbocycles. The van der Waals surface area contributed by atoms with E-state index in [1.807, 2.05) is 22.9 Å². The Hall–Kier alpha value is -3.09. The number of hydrogen-bond acceptors (Lipinski definition) is 5. The molecule has 2 heterocycles. The molecule has 118 valence electrons. The number of amides is 1. The summed E-state index contributed by atoms with van der Waals surface area (Å²) >= 11 is 0. The number of rotatable bonds is 6. The maximum absolute atomic E-state index is 12.0. The van der Waals surface area contributed by atoms with Crippen molar-refractivity contribution in [2.45, 2.75) is 13.0 Å². The van der Waals surface area contributed by atoms with E-state index in [0.29, 0.717) is 18.0 Å². The fourth-order valence-corrected chi connectivity index (χ4v) is 2.14. The number of carbonyl (C=O) groups excluding carboxylic acids is 1. The summed E-state index contributed by atoms with van der Waals surface area (Å²) in [5, 5.41) is 6.63. The topological polar surface area (TPSA) is 99.0 Å². The van der Waals surface area contributed by atoms with Gasteiger partial charge in [-0.25, -0.2) is 4.98 Å². The van der Waals surface area contributed by atoms with Crippen molar-refractivity contribution in [2.75, 3.05) is 12.3 Å². The van der Waals surface area contributed by atoms with Crippen molar-refractivity contribution in [2.24, 2.45) is 0 Å². The van der Waals surface area contributed by atoms with E-state index in [0.717, 1.165) is 18.5 Å². The van der Waals surface area contributed by atoms with Crippen LogP contribution in [-0.4, -0.2) is 27.2 Å². The van der Waals surface area contributed by atoms with E-state index < -0.39 is 0 Å². The van der Waals surface area contributed by atoms with Crippen molar-refractivity contribution in [1.82, 2.24) is 20.0 Å². The van der Waals surface area contributed by atoms with Gasteiger partial charge in [-0.05, 0) is 30.7 Å². The number of aryl methyl sites for hydroxylation is 1. The molecule has 3 aromatic rings. The van der Waals surface area contributed by atoms with Gasteiger partial charge in [-0.3, -0.25) is 4.79 Å². The molecule has 0 saturated heterocycles. The highest BCUT2D eigenvalue weighted by atomic mass is 16.5. The summed E-state index contributed by atoms with van der Waals surface area (Å²) in [5.74, 6) is 0.287. The first kappa shape index (κ1) is 14.8. The molecule has 0 spiro atoms. The van der Waals surface area contributed by atoms with Gasteiger partial charge in [0, 0.05) is 42.8 Å². The highest BCUT2D eigenvalue weighted by Crippen LogP contribution is 2.21. The molecule has 0 aliphatic rings. The molecule has 0 aliphatic carbocycles. The Morgan fingerprint density at radius 2 is 2.13 bits per heavy atom. The largest absolute Gasteiger partial charge is 0.399 e. The number of nitrogens with zero attached hydrogens (tertiary/aromatic N) is 3. The highest BCUT2D eigenvalue weighted by molar-refractivity contribution is 5.93. The average molecular weight is 311 g/mol. The molecule has 7 nitrogen and oxygen atoms in total. The summed E-state index contributed by atoms with van der Waals surface area (Å²) in [6.45, 7) is 1.36. The van der Waals surface area contributed by atoms with Crippen molar-refractivity contribution in [3.63, 3.8) is 0 Å². The molecular weight excluding hydrogens is 294 g/mol.